The summed E-state index contributed by atoms with van der Waals surface area (Å²) in [4.78, 5) is 0. The average Bonchev–Trinajstić information content (AvgIpc) is 2.56. The second-order valence-corrected chi connectivity index (χ2v) is 3.77. The van der Waals surface area contributed by atoms with Crippen LogP contribution in [-0.4, -0.2) is 30.4 Å². The summed E-state index contributed by atoms with van der Waals surface area (Å²) >= 11 is 5.74. The van der Waals surface area contributed by atoms with Crippen LogP contribution in [0.25, 0.3) is 0 Å². The Morgan fingerprint density at radius 2 is 2.00 bits per heavy atom. The molecule has 1 aliphatic heterocycles. The standard InChI is InChI=1S/C10H12ClNO2/c11-7-1-3-8(4-2-7)14-10-6-12-5-9(10)13/h1-4,9-10,12-13H,5-6H2/t9-,10+/m0/s1. The number of β-amino-alcohol motifs (C(OH)–C–C–N with tert-alkyl or cyclic N) is 1. The van der Waals surface area contributed by atoms with Crippen molar-refractivity contribution in [1.82, 2.24) is 5.32 Å². The zero-order valence-electron chi connectivity index (χ0n) is 7.61. The zero-order chi connectivity index (χ0) is 9.97. The Bertz CT molecular complexity index is 301. The van der Waals surface area contributed by atoms with E-state index < -0.39 is 6.10 Å². The van der Waals surface area contributed by atoms with Crippen molar-refractivity contribution >= 4 is 11.6 Å². The summed E-state index contributed by atoms with van der Waals surface area (Å²) < 4.78 is 5.57. The third kappa shape index (κ3) is 2.18. The molecule has 76 valence electrons. The Labute approximate surface area is 87.6 Å². The van der Waals surface area contributed by atoms with E-state index in [1.54, 1.807) is 24.3 Å². The van der Waals surface area contributed by atoms with Crippen LogP contribution >= 0.6 is 11.6 Å². The molecule has 1 aromatic rings. The molecule has 0 radical (unpaired) electrons. The lowest BCUT2D eigenvalue weighted by atomic mass is 10.2. The molecule has 1 aromatic carbocycles. The first-order chi connectivity index (χ1) is 6.75. The van der Waals surface area contributed by atoms with Crippen molar-refractivity contribution in [3.8, 4) is 5.75 Å². The van der Waals surface area contributed by atoms with E-state index in [9.17, 15) is 5.11 Å². The minimum absolute atomic E-state index is 0.156. The number of hydrogen-bond donors (Lipinski definition) is 2. The van der Waals surface area contributed by atoms with Gasteiger partial charge in [-0.15, -0.1) is 0 Å². The molecule has 4 heteroatoms. The Morgan fingerprint density at radius 1 is 1.29 bits per heavy atom. The fourth-order valence-corrected chi connectivity index (χ4v) is 1.58. The van der Waals surface area contributed by atoms with Crippen LogP contribution in [0.15, 0.2) is 24.3 Å². The zero-order valence-corrected chi connectivity index (χ0v) is 8.37. The molecule has 1 aliphatic rings. The van der Waals surface area contributed by atoms with E-state index in [0.29, 0.717) is 18.1 Å². The monoisotopic (exact) mass is 213 g/mol. The molecule has 0 unspecified atom stereocenters. The van der Waals surface area contributed by atoms with E-state index in [1.165, 1.54) is 0 Å². The summed E-state index contributed by atoms with van der Waals surface area (Å²) in [7, 11) is 0. The van der Waals surface area contributed by atoms with Crippen LogP contribution in [0.2, 0.25) is 5.02 Å². The molecular weight excluding hydrogens is 202 g/mol. The Morgan fingerprint density at radius 3 is 2.57 bits per heavy atom. The molecule has 0 saturated carbocycles. The molecule has 0 bridgehead atoms. The molecule has 1 saturated heterocycles. The fraction of sp³-hybridized carbons (Fsp3) is 0.400. The fourth-order valence-electron chi connectivity index (χ4n) is 1.45. The quantitative estimate of drug-likeness (QED) is 0.772. The highest BCUT2D eigenvalue weighted by atomic mass is 35.5. The molecule has 1 heterocycles. The molecule has 14 heavy (non-hydrogen) atoms. The number of halogens is 1. The van der Waals surface area contributed by atoms with Crippen molar-refractivity contribution < 1.29 is 9.84 Å². The summed E-state index contributed by atoms with van der Waals surface area (Å²) in [6.07, 6.45) is -0.582. The van der Waals surface area contributed by atoms with Gasteiger partial charge in [-0.25, -0.2) is 0 Å². The summed E-state index contributed by atoms with van der Waals surface area (Å²) in [6.45, 7) is 1.28. The highest BCUT2D eigenvalue weighted by molar-refractivity contribution is 6.30. The second-order valence-electron chi connectivity index (χ2n) is 3.34. The van der Waals surface area contributed by atoms with Crippen molar-refractivity contribution in [1.29, 1.82) is 0 Å². The molecule has 1 fully saturated rings. The molecule has 2 rings (SSSR count). The Balaban J connectivity index is 2.00. The van der Waals surface area contributed by atoms with Gasteiger partial charge in [0.15, 0.2) is 0 Å². The van der Waals surface area contributed by atoms with Gasteiger partial charge < -0.3 is 15.2 Å². The average molecular weight is 214 g/mol. The summed E-state index contributed by atoms with van der Waals surface area (Å²) in [5.74, 6) is 0.738. The Hall–Kier alpha value is -0.770. The van der Waals surface area contributed by atoms with Crippen LogP contribution < -0.4 is 10.1 Å². The normalized spacial score (nSPS) is 26.4. The molecule has 3 nitrogen and oxygen atoms in total. The molecule has 0 aromatic heterocycles. The van der Waals surface area contributed by atoms with Crippen molar-refractivity contribution in [2.75, 3.05) is 13.1 Å². The van der Waals surface area contributed by atoms with E-state index in [2.05, 4.69) is 5.32 Å². The van der Waals surface area contributed by atoms with Crippen molar-refractivity contribution in [2.24, 2.45) is 0 Å². The van der Waals surface area contributed by atoms with Gasteiger partial charge in [0, 0.05) is 18.1 Å². The minimum atomic E-state index is -0.425. The molecule has 2 N–H and O–H groups in total. The summed E-state index contributed by atoms with van der Waals surface area (Å²) in [5, 5.41) is 13.2. The van der Waals surface area contributed by atoms with Gasteiger partial charge in [0.1, 0.15) is 18.0 Å². The van der Waals surface area contributed by atoms with Crippen LogP contribution in [0.5, 0.6) is 5.75 Å². The van der Waals surface area contributed by atoms with Gasteiger partial charge in [0.2, 0.25) is 0 Å². The summed E-state index contributed by atoms with van der Waals surface area (Å²) in [5.41, 5.74) is 0. The van der Waals surface area contributed by atoms with Gasteiger partial charge in [-0.2, -0.15) is 0 Å². The van der Waals surface area contributed by atoms with E-state index in [-0.39, 0.29) is 6.10 Å². The predicted molar refractivity (Wildman–Crippen MR) is 54.7 cm³/mol. The van der Waals surface area contributed by atoms with Crippen LogP contribution in [0.4, 0.5) is 0 Å². The number of benzene rings is 1. The van der Waals surface area contributed by atoms with Gasteiger partial charge in [-0.1, -0.05) is 11.6 Å². The van der Waals surface area contributed by atoms with Gasteiger partial charge in [0.25, 0.3) is 0 Å². The lowest BCUT2D eigenvalue weighted by molar-refractivity contribution is 0.0738. The second kappa shape index (κ2) is 4.17. The van der Waals surface area contributed by atoms with Crippen LogP contribution in [0.1, 0.15) is 0 Å². The van der Waals surface area contributed by atoms with E-state index in [1.807, 2.05) is 0 Å². The van der Waals surface area contributed by atoms with Crippen molar-refractivity contribution in [3.05, 3.63) is 29.3 Å². The third-order valence-electron chi connectivity index (χ3n) is 2.23. The van der Waals surface area contributed by atoms with E-state index >= 15 is 0 Å². The highest BCUT2D eigenvalue weighted by Gasteiger charge is 2.26. The highest BCUT2D eigenvalue weighted by Crippen LogP contribution is 2.18. The minimum Gasteiger partial charge on any atom is -0.486 e. The predicted octanol–water partition coefficient (Wildman–Crippen LogP) is 1.05. The summed E-state index contributed by atoms with van der Waals surface area (Å²) in [6, 6.07) is 7.14. The first-order valence-electron chi connectivity index (χ1n) is 4.57. The Kier molecular flexibility index (Phi) is 2.91. The lowest BCUT2D eigenvalue weighted by Crippen LogP contribution is -2.29. The number of hydrogen-bond acceptors (Lipinski definition) is 3. The van der Waals surface area contributed by atoms with Gasteiger partial charge >= 0.3 is 0 Å². The van der Waals surface area contributed by atoms with Gasteiger partial charge in [-0.3, -0.25) is 0 Å². The molecule has 2 atom stereocenters. The molecule has 0 aliphatic carbocycles. The number of aliphatic hydroxyl groups is 1. The third-order valence-corrected chi connectivity index (χ3v) is 2.48. The van der Waals surface area contributed by atoms with Gasteiger partial charge in [-0.05, 0) is 24.3 Å². The maximum Gasteiger partial charge on any atom is 0.138 e. The largest absolute Gasteiger partial charge is 0.486 e. The number of ether oxygens (including phenoxy) is 1. The number of rotatable bonds is 2. The van der Waals surface area contributed by atoms with Crippen LogP contribution in [-0.2, 0) is 0 Å². The van der Waals surface area contributed by atoms with Crippen molar-refractivity contribution in [3.63, 3.8) is 0 Å². The lowest BCUT2D eigenvalue weighted by Gasteiger charge is -2.15. The van der Waals surface area contributed by atoms with Gasteiger partial charge in [0.05, 0.1) is 0 Å². The van der Waals surface area contributed by atoms with E-state index in [4.69, 9.17) is 16.3 Å². The topological polar surface area (TPSA) is 41.5 Å². The maximum atomic E-state index is 9.49. The SMILES string of the molecule is O[C@H]1CNC[C@H]1Oc1ccc(Cl)cc1. The first-order valence-corrected chi connectivity index (χ1v) is 4.94. The van der Waals surface area contributed by atoms with E-state index in [0.717, 1.165) is 5.75 Å². The maximum absolute atomic E-state index is 9.49. The number of aliphatic hydroxyl groups excluding tert-OH is 1. The molecular formula is C10H12ClNO2. The number of nitrogens with one attached hydrogen (secondary N) is 1. The first kappa shape index (κ1) is 9.77. The van der Waals surface area contributed by atoms with Crippen molar-refractivity contribution in [2.45, 2.75) is 12.2 Å². The molecule has 0 spiro atoms. The van der Waals surface area contributed by atoms with Crippen LogP contribution in [0.3, 0.4) is 0 Å². The molecule has 0 amide bonds. The van der Waals surface area contributed by atoms with Crippen LogP contribution in [0, 0.1) is 0 Å². The smallest absolute Gasteiger partial charge is 0.138 e.